The van der Waals surface area contributed by atoms with Crippen LogP contribution < -0.4 is 5.32 Å². The third-order valence-electron chi connectivity index (χ3n) is 5.12. The maximum atomic E-state index is 12.8. The van der Waals surface area contributed by atoms with Crippen LogP contribution in [-0.4, -0.2) is 16.6 Å². The van der Waals surface area contributed by atoms with E-state index in [2.05, 4.69) is 41.5 Å². The summed E-state index contributed by atoms with van der Waals surface area (Å²) >= 11 is 1.87. The van der Waals surface area contributed by atoms with Crippen molar-refractivity contribution in [3.8, 4) is 0 Å². The number of carbonyl (C=O) groups is 1. The first-order chi connectivity index (χ1) is 12.6. The van der Waals surface area contributed by atoms with Gasteiger partial charge in [0.2, 0.25) is 5.91 Å². The zero-order chi connectivity index (χ0) is 18.1. The number of pyridine rings is 1. The topological polar surface area (TPSA) is 42.0 Å². The predicted molar refractivity (Wildman–Crippen MR) is 108 cm³/mol. The van der Waals surface area contributed by atoms with E-state index < -0.39 is 0 Å². The van der Waals surface area contributed by atoms with Crippen molar-refractivity contribution in [3.05, 3.63) is 70.9 Å². The second-order valence-corrected chi connectivity index (χ2v) is 7.93. The highest BCUT2D eigenvalue weighted by Crippen LogP contribution is 2.35. The molecule has 0 saturated carbocycles. The third-order valence-corrected chi connectivity index (χ3v) is 6.24. The van der Waals surface area contributed by atoms with Crippen LogP contribution in [0.4, 0.5) is 0 Å². The Kier molecular flexibility index (Phi) is 4.68. The van der Waals surface area contributed by atoms with Gasteiger partial charge in [0.15, 0.2) is 0 Å². The van der Waals surface area contributed by atoms with Crippen molar-refractivity contribution in [1.29, 1.82) is 0 Å². The molecule has 26 heavy (non-hydrogen) atoms. The van der Waals surface area contributed by atoms with Crippen molar-refractivity contribution >= 4 is 28.6 Å². The first kappa shape index (κ1) is 17.1. The Hall–Kier alpha value is -2.33. The lowest BCUT2D eigenvalue weighted by molar-refractivity contribution is -0.121. The van der Waals surface area contributed by atoms with E-state index >= 15 is 0 Å². The van der Waals surface area contributed by atoms with E-state index in [1.165, 1.54) is 10.5 Å². The molecule has 1 aliphatic rings. The van der Waals surface area contributed by atoms with Gasteiger partial charge < -0.3 is 5.32 Å². The van der Waals surface area contributed by atoms with E-state index in [0.29, 0.717) is 6.42 Å². The van der Waals surface area contributed by atoms with Crippen LogP contribution in [0.25, 0.3) is 10.9 Å². The Morgan fingerprint density at radius 2 is 1.92 bits per heavy atom. The quantitative estimate of drug-likeness (QED) is 0.731. The van der Waals surface area contributed by atoms with Crippen molar-refractivity contribution in [1.82, 2.24) is 10.3 Å². The van der Waals surface area contributed by atoms with E-state index in [1.54, 1.807) is 0 Å². The number of nitrogens with one attached hydrogen (secondary N) is 1. The number of rotatable bonds is 3. The molecule has 0 radical (unpaired) electrons. The fraction of sp³-hybridized carbons (Fsp3) is 0.273. The fourth-order valence-corrected chi connectivity index (χ4v) is 4.85. The third kappa shape index (κ3) is 3.21. The second-order valence-electron chi connectivity index (χ2n) is 6.79. The van der Waals surface area contributed by atoms with E-state index in [4.69, 9.17) is 0 Å². The van der Waals surface area contributed by atoms with Crippen LogP contribution in [0.15, 0.2) is 53.4 Å². The molecular weight excluding hydrogens is 340 g/mol. The van der Waals surface area contributed by atoms with Gasteiger partial charge in [-0.05, 0) is 49.1 Å². The van der Waals surface area contributed by atoms with E-state index in [0.717, 1.165) is 39.9 Å². The monoisotopic (exact) mass is 362 g/mol. The minimum Gasteiger partial charge on any atom is -0.349 e. The molecule has 2 aromatic carbocycles. The van der Waals surface area contributed by atoms with Crippen LogP contribution in [0.5, 0.6) is 0 Å². The number of hydrogen-bond acceptors (Lipinski definition) is 3. The van der Waals surface area contributed by atoms with Crippen LogP contribution in [0.2, 0.25) is 0 Å². The molecule has 1 atom stereocenters. The van der Waals surface area contributed by atoms with Gasteiger partial charge in [0.1, 0.15) is 0 Å². The molecule has 4 heteroatoms. The van der Waals surface area contributed by atoms with Gasteiger partial charge in [0.05, 0.1) is 18.0 Å². The molecule has 2 heterocycles. The van der Waals surface area contributed by atoms with Crippen molar-refractivity contribution in [2.45, 2.75) is 37.6 Å². The lowest BCUT2D eigenvalue weighted by Gasteiger charge is -2.26. The molecular formula is C22H22N2OS. The Bertz CT molecular complexity index is 983. The van der Waals surface area contributed by atoms with Crippen LogP contribution in [-0.2, 0) is 11.2 Å². The van der Waals surface area contributed by atoms with E-state index in [-0.39, 0.29) is 11.9 Å². The molecule has 1 amide bonds. The summed E-state index contributed by atoms with van der Waals surface area (Å²) in [4.78, 5) is 18.8. The Balaban J connectivity index is 1.57. The average molecular weight is 362 g/mol. The molecule has 1 unspecified atom stereocenters. The fourth-order valence-electron chi connectivity index (χ4n) is 3.73. The molecule has 4 rings (SSSR count). The zero-order valence-electron chi connectivity index (χ0n) is 15.1. The molecule has 3 nitrogen and oxygen atoms in total. The second kappa shape index (κ2) is 7.12. The number of fused-ring (bicyclic) bond motifs is 2. The number of benzene rings is 2. The van der Waals surface area contributed by atoms with Crippen LogP contribution in [0.3, 0.4) is 0 Å². The Morgan fingerprint density at radius 3 is 2.81 bits per heavy atom. The first-order valence-corrected chi connectivity index (χ1v) is 9.98. The van der Waals surface area contributed by atoms with Crippen LogP contribution in [0.1, 0.15) is 34.8 Å². The summed E-state index contributed by atoms with van der Waals surface area (Å²) in [6, 6.07) is 16.6. The predicted octanol–water partition coefficient (Wildman–Crippen LogP) is 4.75. The van der Waals surface area contributed by atoms with Crippen LogP contribution >= 0.6 is 11.8 Å². The van der Waals surface area contributed by atoms with Crippen molar-refractivity contribution in [2.24, 2.45) is 0 Å². The SMILES string of the molecule is Cc1nc2ccccc2c(C)c1CC(=O)NC1CCSc2ccccc21. The smallest absolute Gasteiger partial charge is 0.224 e. The van der Waals surface area contributed by atoms with Gasteiger partial charge in [-0.25, -0.2) is 0 Å². The molecule has 0 fully saturated rings. The summed E-state index contributed by atoms with van der Waals surface area (Å²) in [6.45, 7) is 4.08. The summed E-state index contributed by atoms with van der Waals surface area (Å²) in [7, 11) is 0. The molecule has 0 spiro atoms. The number of thioether (sulfide) groups is 1. The normalized spacial score (nSPS) is 16.3. The number of para-hydroxylation sites is 1. The molecule has 1 aliphatic heterocycles. The molecule has 0 bridgehead atoms. The molecule has 3 aromatic rings. The summed E-state index contributed by atoms with van der Waals surface area (Å²) in [5.74, 6) is 1.11. The molecule has 0 aliphatic carbocycles. The van der Waals surface area contributed by atoms with E-state index in [9.17, 15) is 4.79 Å². The standard InChI is InChI=1S/C22H22N2OS/c1-14-16-7-3-5-9-19(16)23-15(2)18(14)13-22(25)24-20-11-12-26-21-10-6-4-8-17(20)21/h3-10,20H,11-13H2,1-2H3,(H,24,25). The zero-order valence-corrected chi connectivity index (χ0v) is 15.9. The number of aryl methyl sites for hydroxylation is 2. The Morgan fingerprint density at radius 1 is 1.15 bits per heavy atom. The van der Waals surface area contributed by atoms with Gasteiger partial charge in [-0.15, -0.1) is 11.8 Å². The van der Waals surface area contributed by atoms with Crippen molar-refractivity contribution in [2.75, 3.05) is 5.75 Å². The van der Waals surface area contributed by atoms with Crippen molar-refractivity contribution in [3.63, 3.8) is 0 Å². The van der Waals surface area contributed by atoms with Crippen LogP contribution in [0, 0.1) is 13.8 Å². The Labute approximate surface area is 158 Å². The minimum atomic E-state index is 0.0694. The summed E-state index contributed by atoms with van der Waals surface area (Å²) in [5.41, 5.74) is 5.37. The molecule has 0 saturated heterocycles. The number of amides is 1. The number of nitrogens with zero attached hydrogens (tertiary/aromatic N) is 1. The molecule has 132 valence electrons. The van der Waals surface area contributed by atoms with E-state index in [1.807, 2.05) is 43.0 Å². The largest absolute Gasteiger partial charge is 0.349 e. The van der Waals surface area contributed by atoms with Gasteiger partial charge >= 0.3 is 0 Å². The summed E-state index contributed by atoms with van der Waals surface area (Å²) in [6.07, 6.45) is 1.35. The van der Waals surface area contributed by atoms with Gasteiger partial charge in [-0.2, -0.15) is 0 Å². The first-order valence-electron chi connectivity index (χ1n) is 8.99. The van der Waals surface area contributed by atoms with Gasteiger partial charge in [0, 0.05) is 21.7 Å². The maximum absolute atomic E-state index is 12.8. The molecule has 1 N–H and O–H groups in total. The number of carbonyl (C=O) groups excluding carboxylic acids is 1. The lowest BCUT2D eigenvalue weighted by Crippen LogP contribution is -2.32. The maximum Gasteiger partial charge on any atom is 0.224 e. The molecule has 1 aromatic heterocycles. The highest BCUT2D eigenvalue weighted by molar-refractivity contribution is 7.99. The summed E-state index contributed by atoms with van der Waals surface area (Å²) in [5, 5.41) is 4.37. The van der Waals surface area contributed by atoms with Gasteiger partial charge in [-0.3, -0.25) is 9.78 Å². The summed E-state index contributed by atoms with van der Waals surface area (Å²) < 4.78 is 0. The highest BCUT2D eigenvalue weighted by Gasteiger charge is 2.22. The van der Waals surface area contributed by atoms with Gasteiger partial charge in [-0.1, -0.05) is 36.4 Å². The number of hydrogen-bond donors (Lipinski definition) is 1. The lowest BCUT2D eigenvalue weighted by atomic mass is 9.98. The minimum absolute atomic E-state index is 0.0694. The number of aromatic nitrogens is 1. The average Bonchev–Trinajstić information content (AvgIpc) is 2.65. The van der Waals surface area contributed by atoms with Gasteiger partial charge in [0.25, 0.3) is 0 Å². The van der Waals surface area contributed by atoms with Crippen molar-refractivity contribution < 1.29 is 4.79 Å². The highest BCUT2D eigenvalue weighted by atomic mass is 32.2.